The van der Waals surface area contributed by atoms with Gasteiger partial charge in [-0.15, -0.1) is 0 Å². The Labute approximate surface area is 94.2 Å². The lowest BCUT2D eigenvalue weighted by molar-refractivity contribution is 0.825. The van der Waals surface area contributed by atoms with Crippen LogP contribution in [0, 0.1) is 12.3 Å². The molecule has 0 aliphatic heterocycles. The predicted molar refractivity (Wildman–Crippen MR) is 62.9 cm³/mol. The van der Waals surface area contributed by atoms with Gasteiger partial charge in [0.2, 0.25) is 0 Å². The van der Waals surface area contributed by atoms with E-state index in [0.29, 0.717) is 0 Å². The summed E-state index contributed by atoms with van der Waals surface area (Å²) >= 11 is 0. The third-order valence-corrected chi connectivity index (χ3v) is 2.55. The quantitative estimate of drug-likeness (QED) is 0.630. The lowest BCUT2D eigenvalue weighted by Gasteiger charge is -2.02. The second-order valence-corrected chi connectivity index (χ2v) is 3.68. The monoisotopic (exact) mass is 206 g/mol. The van der Waals surface area contributed by atoms with Crippen molar-refractivity contribution in [2.75, 3.05) is 0 Å². The van der Waals surface area contributed by atoms with E-state index in [4.69, 9.17) is 0 Å². The van der Waals surface area contributed by atoms with Crippen molar-refractivity contribution >= 4 is 11.0 Å². The van der Waals surface area contributed by atoms with Gasteiger partial charge in [-0.1, -0.05) is 30.3 Å². The Kier molecular flexibility index (Phi) is 2.08. The van der Waals surface area contributed by atoms with Gasteiger partial charge in [-0.2, -0.15) is 0 Å². The van der Waals surface area contributed by atoms with Crippen LogP contribution in [0.15, 0.2) is 48.7 Å². The third-order valence-electron chi connectivity index (χ3n) is 2.55. The van der Waals surface area contributed by atoms with Crippen molar-refractivity contribution in [3.05, 3.63) is 66.5 Å². The zero-order valence-corrected chi connectivity index (χ0v) is 8.72. The molecular formula is C14H10N2. The zero-order chi connectivity index (χ0) is 10.8. The van der Waals surface area contributed by atoms with Gasteiger partial charge in [0, 0.05) is 12.4 Å². The number of aromatic nitrogens is 2. The van der Waals surface area contributed by atoms with Gasteiger partial charge in [0.05, 0.1) is 11.9 Å². The van der Waals surface area contributed by atoms with Crippen LogP contribution in [-0.2, 0) is 6.54 Å². The molecule has 0 saturated carbocycles. The lowest BCUT2D eigenvalue weighted by atomic mass is 10.2. The summed E-state index contributed by atoms with van der Waals surface area (Å²) in [4.78, 5) is 4.34. The largest absolute Gasteiger partial charge is 0.280 e. The molecule has 0 unspecified atom stereocenters. The van der Waals surface area contributed by atoms with Crippen LogP contribution in [0.25, 0.3) is 11.0 Å². The fourth-order valence-electron chi connectivity index (χ4n) is 1.77. The van der Waals surface area contributed by atoms with E-state index in [2.05, 4.69) is 29.4 Å². The minimum absolute atomic E-state index is 0.790. The summed E-state index contributed by atoms with van der Waals surface area (Å²) in [6, 6.07) is 17.3. The summed E-state index contributed by atoms with van der Waals surface area (Å²) in [5.74, 6) is 0. The first-order valence-corrected chi connectivity index (χ1v) is 5.21. The van der Waals surface area contributed by atoms with Crippen LogP contribution < -0.4 is 0 Å². The molecule has 2 nitrogen and oxygen atoms in total. The van der Waals surface area contributed by atoms with Crippen LogP contribution >= 0.6 is 0 Å². The van der Waals surface area contributed by atoms with Gasteiger partial charge in [-0.3, -0.25) is 4.57 Å². The first-order chi connectivity index (χ1) is 7.93. The van der Waals surface area contributed by atoms with Gasteiger partial charge < -0.3 is 0 Å². The van der Waals surface area contributed by atoms with E-state index >= 15 is 0 Å². The number of benzene rings is 1. The highest BCUT2D eigenvalue weighted by Gasteiger charge is 2.00. The Hall–Kier alpha value is -2.27. The van der Waals surface area contributed by atoms with Gasteiger partial charge in [0.15, 0.2) is 5.65 Å². The van der Waals surface area contributed by atoms with Crippen molar-refractivity contribution < 1.29 is 0 Å². The van der Waals surface area contributed by atoms with Crippen molar-refractivity contribution in [3.63, 3.8) is 0 Å². The molecule has 0 saturated heterocycles. The molecular weight excluding hydrogens is 196 g/mol. The first-order valence-electron chi connectivity index (χ1n) is 5.21. The van der Waals surface area contributed by atoms with E-state index in [9.17, 15) is 0 Å². The van der Waals surface area contributed by atoms with E-state index in [1.807, 2.05) is 34.9 Å². The molecule has 0 radical (unpaired) electrons. The maximum Gasteiger partial charge on any atom is 0.156 e. The summed E-state index contributed by atoms with van der Waals surface area (Å²) in [5, 5.41) is 1.01. The number of pyridine rings is 1. The number of nitrogens with zero attached hydrogens (tertiary/aromatic N) is 2. The molecule has 0 aliphatic carbocycles. The topological polar surface area (TPSA) is 17.8 Å². The number of fused-ring (bicyclic) bond motifs is 1. The zero-order valence-electron chi connectivity index (χ0n) is 8.72. The molecule has 3 rings (SSSR count). The fraction of sp³-hybridized carbons (Fsp3) is 0.0714. The van der Waals surface area contributed by atoms with Gasteiger partial charge >= 0.3 is 0 Å². The molecule has 0 aliphatic rings. The normalized spacial score (nSPS) is 10.2. The molecule has 2 aromatic heterocycles. The highest BCUT2D eigenvalue weighted by molar-refractivity contribution is 5.73. The van der Waals surface area contributed by atoms with Gasteiger partial charge in [-0.05, 0) is 23.8 Å². The maximum atomic E-state index is 4.34. The fourth-order valence-corrected chi connectivity index (χ4v) is 1.77. The van der Waals surface area contributed by atoms with Crippen molar-refractivity contribution in [2.24, 2.45) is 0 Å². The second-order valence-electron chi connectivity index (χ2n) is 3.68. The summed E-state index contributed by atoms with van der Waals surface area (Å²) in [5.41, 5.74) is 2.18. The Bertz CT molecular complexity index is 596. The average molecular weight is 206 g/mol. The van der Waals surface area contributed by atoms with Crippen LogP contribution in [0.5, 0.6) is 0 Å². The smallest absolute Gasteiger partial charge is 0.156 e. The van der Waals surface area contributed by atoms with E-state index < -0.39 is 0 Å². The summed E-state index contributed by atoms with van der Waals surface area (Å²) in [6.07, 6.45) is 4.89. The van der Waals surface area contributed by atoms with Gasteiger partial charge in [-0.25, -0.2) is 4.98 Å². The first kappa shape index (κ1) is 8.99. The van der Waals surface area contributed by atoms with E-state index in [-0.39, 0.29) is 0 Å². The number of hydrogen-bond donors (Lipinski definition) is 0. The van der Waals surface area contributed by atoms with E-state index in [0.717, 1.165) is 17.6 Å². The van der Waals surface area contributed by atoms with E-state index in [1.54, 1.807) is 6.20 Å². The molecule has 0 amide bonds. The molecule has 1 aromatic carbocycles. The Morgan fingerprint density at radius 2 is 1.94 bits per heavy atom. The Morgan fingerprint density at radius 1 is 1.06 bits per heavy atom. The van der Waals surface area contributed by atoms with Crippen molar-refractivity contribution in [3.8, 4) is 0 Å². The molecule has 2 heterocycles. The maximum absolute atomic E-state index is 4.34. The molecule has 0 spiro atoms. The van der Waals surface area contributed by atoms with Gasteiger partial charge in [0.25, 0.3) is 0 Å². The average Bonchev–Trinajstić information content (AvgIpc) is 2.74. The molecule has 3 aromatic rings. The highest BCUT2D eigenvalue weighted by atomic mass is 15.0. The van der Waals surface area contributed by atoms with Crippen LogP contribution in [0.3, 0.4) is 0 Å². The summed E-state index contributed by atoms with van der Waals surface area (Å²) < 4.78 is 1.99. The number of hydrogen-bond acceptors (Lipinski definition) is 1. The number of rotatable bonds is 2. The summed E-state index contributed by atoms with van der Waals surface area (Å²) in [6.45, 7) is 0.790. The predicted octanol–water partition coefficient (Wildman–Crippen LogP) is 2.68. The molecule has 16 heavy (non-hydrogen) atoms. The molecule has 76 valence electrons. The van der Waals surface area contributed by atoms with Crippen LogP contribution in [0.4, 0.5) is 0 Å². The lowest BCUT2D eigenvalue weighted by Crippen LogP contribution is -1.98. The Balaban J connectivity index is 2.01. The third kappa shape index (κ3) is 1.53. The standard InChI is InChI=1S/C14H10N2/c1-2-5-12(6-3-1)11-16-10-8-13-7-4-9-15-14(13)16/h1-7,9H,11H2. The minimum Gasteiger partial charge on any atom is -0.280 e. The van der Waals surface area contributed by atoms with Crippen molar-refractivity contribution in [1.82, 2.24) is 9.55 Å². The van der Waals surface area contributed by atoms with Gasteiger partial charge in [0.1, 0.15) is 0 Å². The van der Waals surface area contributed by atoms with Crippen LogP contribution in [-0.4, -0.2) is 9.55 Å². The van der Waals surface area contributed by atoms with Crippen LogP contribution in [0.2, 0.25) is 0 Å². The molecule has 0 bridgehead atoms. The minimum atomic E-state index is 0.790. The molecule has 0 atom stereocenters. The van der Waals surface area contributed by atoms with E-state index in [1.165, 1.54) is 5.56 Å². The van der Waals surface area contributed by atoms with Crippen molar-refractivity contribution in [2.45, 2.75) is 6.54 Å². The second kappa shape index (κ2) is 3.71. The SMILES string of the molecule is c1c2cccnc2n(Cc2ccccc2)c#1. The van der Waals surface area contributed by atoms with Crippen molar-refractivity contribution in [1.29, 1.82) is 0 Å². The summed E-state index contributed by atoms with van der Waals surface area (Å²) in [7, 11) is 0. The molecule has 0 N–H and O–H groups in total. The molecule has 2 heteroatoms. The molecule has 0 fully saturated rings. The Morgan fingerprint density at radius 3 is 2.81 bits per heavy atom. The van der Waals surface area contributed by atoms with Crippen LogP contribution in [0.1, 0.15) is 5.56 Å². The highest BCUT2D eigenvalue weighted by Crippen LogP contribution is 2.10.